The second-order valence-electron chi connectivity index (χ2n) is 6.26. The van der Waals surface area contributed by atoms with E-state index in [1.807, 2.05) is 60.0 Å². The van der Waals surface area contributed by atoms with Gasteiger partial charge in [0.25, 0.3) is 0 Å². The predicted octanol–water partition coefficient (Wildman–Crippen LogP) is 5.39. The Labute approximate surface area is 180 Å². The molecule has 0 bridgehead atoms. The number of ether oxygens (including phenoxy) is 1. The molecule has 0 saturated heterocycles. The van der Waals surface area contributed by atoms with Gasteiger partial charge in [0.1, 0.15) is 11.6 Å². The highest BCUT2D eigenvalue weighted by molar-refractivity contribution is 9.10. The molecule has 1 amide bonds. The maximum Gasteiger partial charge on any atom is 0.222 e. The van der Waals surface area contributed by atoms with Gasteiger partial charge in [0.15, 0.2) is 0 Å². The van der Waals surface area contributed by atoms with Crippen molar-refractivity contribution in [1.82, 2.24) is 14.8 Å². The second kappa shape index (κ2) is 8.18. The van der Waals surface area contributed by atoms with Crippen LogP contribution in [0.1, 0.15) is 6.92 Å². The van der Waals surface area contributed by atoms with Gasteiger partial charge in [-0.3, -0.25) is 4.79 Å². The summed E-state index contributed by atoms with van der Waals surface area (Å²) in [5.41, 5.74) is 3.52. The molecule has 6 nitrogen and oxygen atoms in total. The maximum atomic E-state index is 11.7. The van der Waals surface area contributed by atoms with Gasteiger partial charge in [-0.05, 0) is 36.4 Å². The summed E-state index contributed by atoms with van der Waals surface area (Å²) in [4.78, 5) is 16.4. The van der Waals surface area contributed by atoms with Crippen molar-refractivity contribution in [1.29, 1.82) is 0 Å². The maximum absolute atomic E-state index is 11.7. The molecule has 8 heteroatoms. The topological polar surface area (TPSA) is 69.0 Å². The second-order valence-corrected chi connectivity index (χ2v) is 8.01. The highest BCUT2D eigenvalue weighted by atomic mass is 79.9. The molecule has 146 valence electrons. The fraction of sp³-hybridized carbons (Fsp3) is 0.0952. The number of thiazole rings is 1. The minimum Gasteiger partial charge on any atom is -0.497 e. The molecule has 29 heavy (non-hydrogen) atoms. The van der Waals surface area contributed by atoms with Gasteiger partial charge in [-0.1, -0.05) is 28.1 Å². The first-order valence-electron chi connectivity index (χ1n) is 8.77. The lowest BCUT2D eigenvalue weighted by molar-refractivity contribution is -0.114. The number of methoxy groups -OCH3 is 1. The Bertz CT molecular complexity index is 1150. The van der Waals surface area contributed by atoms with E-state index in [1.54, 1.807) is 11.8 Å². The number of nitrogens with zero attached hydrogens (tertiary/aromatic N) is 3. The zero-order chi connectivity index (χ0) is 20.4. The highest BCUT2D eigenvalue weighted by Gasteiger charge is 2.16. The summed E-state index contributed by atoms with van der Waals surface area (Å²) in [6, 6.07) is 17.4. The smallest absolute Gasteiger partial charge is 0.222 e. The Morgan fingerprint density at radius 2 is 1.72 bits per heavy atom. The van der Waals surface area contributed by atoms with E-state index in [2.05, 4.69) is 26.3 Å². The number of halogens is 1. The van der Waals surface area contributed by atoms with Gasteiger partial charge in [0.2, 0.25) is 11.0 Å². The van der Waals surface area contributed by atoms with Crippen molar-refractivity contribution in [3.63, 3.8) is 0 Å². The molecular weight excluding hydrogens is 452 g/mol. The first-order valence-corrected chi connectivity index (χ1v) is 10.4. The molecule has 0 radical (unpaired) electrons. The summed E-state index contributed by atoms with van der Waals surface area (Å²) < 4.78 is 7.89. The standard InChI is InChI=1S/C21H17BrN4O2S/c1-13(27)23-20-11-18(14-5-9-17(28-2)10-6-14)25-26(20)21-24-19(12-29-21)15-3-7-16(22)8-4-15/h3-12H,1-2H3,(H,23,27). The average Bonchev–Trinajstić information content (AvgIpc) is 3.35. The van der Waals surface area contributed by atoms with Gasteiger partial charge in [-0.15, -0.1) is 11.3 Å². The van der Waals surface area contributed by atoms with Crippen molar-refractivity contribution >= 4 is 39.0 Å². The Morgan fingerprint density at radius 1 is 1.07 bits per heavy atom. The number of hydrogen-bond acceptors (Lipinski definition) is 5. The van der Waals surface area contributed by atoms with E-state index in [1.165, 1.54) is 18.3 Å². The Balaban J connectivity index is 1.73. The number of anilines is 1. The van der Waals surface area contributed by atoms with Crippen LogP contribution in [0.4, 0.5) is 5.82 Å². The van der Waals surface area contributed by atoms with E-state index in [9.17, 15) is 4.79 Å². The molecule has 0 saturated carbocycles. The zero-order valence-corrected chi connectivity index (χ0v) is 18.1. The fourth-order valence-corrected chi connectivity index (χ4v) is 3.87. The molecule has 2 aromatic carbocycles. The number of aromatic nitrogens is 3. The van der Waals surface area contributed by atoms with Crippen LogP contribution in [0.5, 0.6) is 5.75 Å². The van der Waals surface area contributed by atoms with Gasteiger partial charge in [0, 0.05) is 34.0 Å². The predicted molar refractivity (Wildman–Crippen MR) is 119 cm³/mol. The molecule has 0 aliphatic carbocycles. The van der Waals surface area contributed by atoms with Crippen molar-refractivity contribution in [2.45, 2.75) is 6.92 Å². The summed E-state index contributed by atoms with van der Waals surface area (Å²) in [5, 5.41) is 10.2. The SMILES string of the molecule is COc1ccc(-c2cc(NC(C)=O)n(-c3nc(-c4ccc(Br)cc4)cs3)n2)cc1. The van der Waals surface area contributed by atoms with Crippen LogP contribution in [0.2, 0.25) is 0 Å². The minimum absolute atomic E-state index is 0.169. The lowest BCUT2D eigenvalue weighted by atomic mass is 10.1. The van der Waals surface area contributed by atoms with Crippen molar-refractivity contribution in [3.8, 4) is 33.4 Å². The third-order valence-electron chi connectivity index (χ3n) is 4.21. The Kier molecular flexibility index (Phi) is 5.46. The molecule has 0 unspecified atom stereocenters. The van der Waals surface area contributed by atoms with Crippen molar-refractivity contribution in [3.05, 3.63) is 64.5 Å². The third kappa shape index (κ3) is 4.23. The van der Waals surface area contributed by atoms with Crippen LogP contribution in [-0.4, -0.2) is 27.8 Å². The largest absolute Gasteiger partial charge is 0.497 e. The van der Waals surface area contributed by atoms with Crippen molar-refractivity contribution in [2.24, 2.45) is 0 Å². The molecule has 2 heterocycles. The van der Waals surface area contributed by atoms with E-state index >= 15 is 0 Å². The summed E-state index contributed by atoms with van der Waals surface area (Å²) in [5.74, 6) is 1.17. The molecule has 4 rings (SSSR count). The first-order chi connectivity index (χ1) is 14.0. The van der Waals surface area contributed by atoms with Crippen LogP contribution < -0.4 is 10.1 Å². The number of carbonyl (C=O) groups excluding carboxylic acids is 1. The van der Waals surface area contributed by atoms with Crippen LogP contribution in [0.25, 0.3) is 27.6 Å². The number of hydrogen-bond donors (Lipinski definition) is 1. The molecule has 2 aromatic heterocycles. The van der Waals surface area contributed by atoms with Crippen LogP contribution in [0.3, 0.4) is 0 Å². The van der Waals surface area contributed by atoms with Crippen LogP contribution in [0.15, 0.2) is 64.5 Å². The number of nitrogens with one attached hydrogen (secondary N) is 1. The van der Waals surface area contributed by atoms with Crippen molar-refractivity contribution in [2.75, 3.05) is 12.4 Å². The quantitative estimate of drug-likeness (QED) is 0.426. The molecule has 0 aliphatic heterocycles. The lowest BCUT2D eigenvalue weighted by Crippen LogP contribution is -2.10. The molecule has 0 fully saturated rings. The van der Waals surface area contributed by atoms with Gasteiger partial charge >= 0.3 is 0 Å². The number of carbonyl (C=O) groups is 1. The molecule has 0 aliphatic rings. The number of rotatable bonds is 5. The highest BCUT2D eigenvalue weighted by Crippen LogP contribution is 2.30. The summed E-state index contributed by atoms with van der Waals surface area (Å²) in [7, 11) is 1.63. The van der Waals surface area contributed by atoms with Gasteiger partial charge in [0.05, 0.1) is 18.5 Å². The number of benzene rings is 2. The molecule has 0 spiro atoms. The summed E-state index contributed by atoms with van der Waals surface area (Å²) in [6.45, 7) is 1.47. The summed E-state index contributed by atoms with van der Waals surface area (Å²) >= 11 is 4.91. The van der Waals surface area contributed by atoms with Crippen molar-refractivity contribution < 1.29 is 9.53 Å². The van der Waals surface area contributed by atoms with Crippen LogP contribution >= 0.6 is 27.3 Å². The van der Waals surface area contributed by atoms with Crippen LogP contribution in [0, 0.1) is 0 Å². The van der Waals surface area contributed by atoms with Gasteiger partial charge in [-0.25, -0.2) is 4.98 Å². The summed E-state index contributed by atoms with van der Waals surface area (Å²) in [6.07, 6.45) is 0. The van der Waals surface area contributed by atoms with Gasteiger partial charge < -0.3 is 10.1 Å². The number of amides is 1. The third-order valence-corrected chi connectivity index (χ3v) is 5.56. The lowest BCUT2D eigenvalue weighted by Gasteiger charge is -2.03. The average molecular weight is 469 g/mol. The Hall–Kier alpha value is -2.97. The minimum atomic E-state index is -0.169. The Morgan fingerprint density at radius 3 is 2.38 bits per heavy atom. The first kappa shape index (κ1) is 19.4. The molecular formula is C21H17BrN4O2S. The van der Waals surface area contributed by atoms with Gasteiger partial charge in [-0.2, -0.15) is 9.78 Å². The molecule has 1 N–H and O–H groups in total. The van der Waals surface area contributed by atoms with E-state index in [-0.39, 0.29) is 5.91 Å². The van der Waals surface area contributed by atoms with Crippen LogP contribution in [-0.2, 0) is 4.79 Å². The van der Waals surface area contributed by atoms with E-state index in [0.29, 0.717) is 10.9 Å². The molecule has 0 atom stereocenters. The fourth-order valence-electron chi connectivity index (χ4n) is 2.81. The normalized spacial score (nSPS) is 10.7. The van der Waals surface area contributed by atoms with E-state index in [0.717, 1.165) is 32.7 Å². The monoisotopic (exact) mass is 468 g/mol. The zero-order valence-electron chi connectivity index (χ0n) is 15.7. The van der Waals surface area contributed by atoms with E-state index in [4.69, 9.17) is 9.72 Å². The molecule has 4 aromatic rings. The van der Waals surface area contributed by atoms with E-state index < -0.39 is 0 Å².